The number of carbonyl (C=O) groups is 1. The predicted molar refractivity (Wildman–Crippen MR) is 86.1 cm³/mol. The quantitative estimate of drug-likeness (QED) is 0.482. The number of esters is 1. The van der Waals surface area contributed by atoms with Crippen LogP contribution in [0.1, 0.15) is 24.3 Å². The summed E-state index contributed by atoms with van der Waals surface area (Å²) in [5.74, 6) is 0.179. The molecular formula is C17H17NO2S. The van der Waals surface area contributed by atoms with Crippen LogP contribution in [0, 0.1) is 5.92 Å². The van der Waals surface area contributed by atoms with Crippen LogP contribution in [0.4, 0.5) is 0 Å². The number of hydrogen-bond donors (Lipinski definition) is 0. The molecule has 3 rings (SSSR count). The highest BCUT2D eigenvalue weighted by molar-refractivity contribution is 7.19. The Balaban J connectivity index is 1.55. The number of carbonyl (C=O) groups excluding carboxylic acids is 1. The molecule has 0 N–H and O–H groups in total. The lowest BCUT2D eigenvalue weighted by Gasteiger charge is -2.16. The van der Waals surface area contributed by atoms with Crippen molar-refractivity contribution < 1.29 is 9.53 Å². The molecule has 1 aliphatic carbocycles. The first-order valence-corrected chi connectivity index (χ1v) is 7.98. The van der Waals surface area contributed by atoms with E-state index in [2.05, 4.69) is 17.1 Å². The van der Waals surface area contributed by atoms with Crippen molar-refractivity contribution in [3.05, 3.63) is 47.5 Å². The number of para-hydroxylation sites is 1. The summed E-state index contributed by atoms with van der Waals surface area (Å²) in [5.41, 5.74) is 0.963. The van der Waals surface area contributed by atoms with Crippen molar-refractivity contribution in [2.45, 2.75) is 19.3 Å². The standard InChI is InChI=1S/C17H17NO2S/c19-17(20-12-13-6-2-1-3-7-13)11-10-16-18-14-8-4-5-9-15(14)21-16/h1-2,4-5,8-11,13H,3,6-7,12H2. The molecule has 0 saturated carbocycles. The Morgan fingerprint density at radius 2 is 2.29 bits per heavy atom. The van der Waals surface area contributed by atoms with Crippen molar-refractivity contribution in [3.63, 3.8) is 0 Å². The third-order valence-electron chi connectivity index (χ3n) is 3.51. The molecule has 108 valence electrons. The largest absolute Gasteiger partial charge is 0.462 e. The van der Waals surface area contributed by atoms with E-state index in [4.69, 9.17) is 4.74 Å². The van der Waals surface area contributed by atoms with E-state index in [0.717, 1.165) is 34.5 Å². The average molecular weight is 299 g/mol. The zero-order chi connectivity index (χ0) is 14.5. The summed E-state index contributed by atoms with van der Waals surface area (Å²) in [7, 11) is 0. The maximum atomic E-state index is 11.7. The van der Waals surface area contributed by atoms with Gasteiger partial charge in [-0.25, -0.2) is 9.78 Å². The summed E-state index contributed by atoms with van der Waals surface area (Å²) in [6.45, 7) is 0.507. The van der Waals surface area contributed by atoms with Gasteiger partial charge in [0.25, 0.3) is 0 Å². The molecule has 1 unspecified atom stereocenters. The van der Waals surface area contributed by atoms with Gasteiger partial charge in [0.1, 0.15) is 5.01 Å². The molecule has 0 spiro atoms. The molecule has 4 heteroatoms. The first-order chi connectivity index (χ1) is 10.3. The fraction of sp³-hybridized carbons (Fsp3) is 0.294. The number of hydrogen-bond acceptors (Lipinski definition) is 4. The second kappa shape index (κ2) is 6.68. The number of rotatable bonds is 4. The van der Waals surface area contributed by atoms with Crippen LogP contribution < -0.4 is 0 Å². The molecule has 2 aromatic rings. The summed E-state index contributed by atoms with van der Waals surface area (Å²) in [6, 6.07) is 7.95. The highest BCUT2D eigenvalue weighted by Gasteiger charge is 2.11. The van der Waals surface area contributed by atoms with E-state index in [9.17, 15) is 4.79 Å². The lowest BCUT2D eigenvalue weighted by molar-refractivity contribution is -0.139. The van der Waals surface area contributed by atoms with Gasteiger partial charge < -0.3 is 4.74 Å². The van der Waals surface area contributed by atoms with Crippen LogP contribution in [0.15, 0.2) is 42.5 Å². The minimum absolute atomic E-state index is 0.288. The van der Waals surface area contributed by atoms with Crippen molar-refractivity contribution in [2.75, 3.05) is 6.61 Å². The lowest BCUT2D eigenvalue weighted by Crippen LogP contribution is -2.13. The molecule has 21 heavy (non-hydrogen) atoms. The van der Waals surface area contributed by atoms with Crippen LogP contribution in [0.25, 0.3) is 16.3 Å². The second-order valence-corrected chi connectivity index (χ2v) is 6.20. The number of thiazole rings is 1. The zero-order valence-electron chi connectivity index (χ0n) is 11.7. The molecule has 1 aromatic carbocycles. The Kier molecular flexibility index (Phi) is 4.46. The molecule has 0 amide bonds. The van der Waals surface area contributed by atoms with E-state index in [-0.39, 0.29) is 5.97 Å². The molecule has 0 fully saturated rings. The van der Waals surface area contributed by atoms with Gasteiger partial charge in [0, 0.05) is 6.08 Å². The van der Waals surface area contributed by atoms with Gasteiger partial charge in [0.15, 0.2) is 0 Å². The van der Waals surface area contributed by atoms with E-state index in [1.54, 1.807) is 17.4 Å². The zero-order valence-corrected chi connectivity index (χ0v) is 12.5. The highest BCUT2D eigenvalue weighted by Crippen LogP contribution is 2.22. The first kappa shape index (κ1) is 14.0. The van der Waals surface area contributed by atoms with E-state index < -0.39 is 0 Å². The molecule has 1 heterocycles. The van der Waals surface area contributed by atoms with E-state index in [1.165, 1.54) is 6.08 Å². The fourth-order valence-corrected chi connectivity index (χ4v) is 3.23. The minimum atomic E-state index is -0.288. The summed E-state index contributed by atoms with van der Waals surface area (Å²) >= 11 is 1.57. The normalized spacial score (nSPS) is 18.4. The van der Waals surface area contributed by atoms with Gasteiger partial charge in [0.2, 0.25) is 0 Å². The Bertz CT molecular complexity index is 654. The van der Waals surface area contributed by atoms with Gasteiger partial charge in [-0.05, 0) is 43.4 Å². The lowest BCUT2D eigenvalue weighted by atomic mass is 9.95. The molecule has 1 atom stereocenters. The van der Waals surface area contributed by atoms with Crippen molar-refractivity contribution in [1.82, 2.24) is 4.98 Å². The van der Waals surface area contributed by atoms with Crippen LogP contribution >= 0.6 is 11.3 Å². The van der Waals surface area contributed by atoms with Gasteiger partial charge in [-0.1, -0.05) is 24.3 Å². The molecule has 0 radical (unpaired) electrons. The second-order valence-electron chi connectivity index (χ2n) is 5.13. The summed E-state index contributed by atoms with van der Waals surface area (Å²) in [4.78, 5) is 16.2. The van der Waals surface area contributed by atoms with Crippen LogP contribution in [-0.2, 0) is 9.53 Å². The van der Waals surface area contributed by atoms with Crippen molar-refractivity contribution >= 4 is 33.6 Å². The third kappa shape index (κ3) is 3.79. The third-order valence-corrected chi connectivity index (χ3v) is 4.51. The van der Waals surface area contributed by atoms with E-state index in [0.29, 0.717) is 12.5 Å². The number of allylic oxidation sites excluding steroid dienone is 2. The Morgan fingerprint density at radius 3 is 3.10 bits per heavy atom. The first-order valence-electron chi connectivity index (χ1n) is 7.16. The topological polar surface area (TPSA) is 39.2 Å². The fourth-order valence-electron chi connectivity index (χ4n) is 2.36. The van der Waals surface area contributed by atoms with E-state index in [1.807, 2.05) is 24.3 Å². The Labute approximate surface area is 128 Å². The van der Waals surface area contributed by atoms with Crippen molar-refractivity contribution in [1.29, 1.82) is 0 Å². The number of benzene rings is 1. The number of ether oxygens (including phenoxy) is 1. The molecule has 0 saturated heterocycles. The molecule has 0 aliphatic heterocycles. The number of aromatic nitrogens is 1. The Morgan fingerprint density at radius 1 is 1.38 bits per heavy atom. The van der Waals surface area contributed by atoms with Gasteiger partial charge in [-0.15, -0.1) is 11.3 Å². The van der Waals surface area contributed by atoms with Gasteiger partial charge in [-0.3, -0.25) is 0 Å². The maximum Gasteiger partial charge on any atom is 0.330 e. The number of nitrogens with zero attached hydrogens (tertiary/aromatic N) is 1. The summed E-state index contributed by atoms with van der Waals surface area (Å²) in [6.07, 6.45) is 10.7. The predicted octanol–water partition coefficient (Wildman–Crippen LogP) is 4.21. The smallest absolute Gasteiger partial charge is 0.330 e. The van der Waals surface area contributed by atoms with Gasteiger partial charge in [0.05, 0.1) is 16.8 Å². The molecule has 0 bridgehead atoms. The number of fused-ring (bicyclic) bond motifs is 1. The van der Waals surface area contributed by atoms with Crippen LogP contribution in [0.5, 0.6) is 0 Å². The molecule has 3 nitrogen and oxygen atoms in total. The van der Waals surface area contributed by atoms with Crippen LogP contribution in [0.2, 0.25) is 0 Å². The van der Waals surface area contributed by atoms with Crippen molar-refractivity contribution in [2.24, 2.45) is 5.92 Å². The summed E-state index contributed by atoms with van der Waals surface area (Å²) < 4.78 is 6.42. The van der Waals surface area contributed by atoms with Crippen molar-refractivity contribution in [3.8, 4) is 0 Å². The van der Waals surface area contributed by atoms with Gasteiger partial charge >= 0.3 is 5.97 Å². The Hall–Kier alpha value is -1.94. The van der Waals surface area contributed by atoms with Crippen LogP contribution in [0.3, 0.4) is 0 Å². The van der Waals surface area contributed by atoms with Crippen LogP contribution in [-0.4, -0.2) is 17.6 Å². The highest BCUT2D eigenvalue weighted by atomic mass is 32.1. The molecular weight excluding hydrogens is 282 g/mol. The molecule has 1 aliphatic rings. The average Bonchev–Trinajstić information content (AvgIpc) is 2.95. The summed E-state index contributed by atoms with van der Waals surface area (Å²) in [5, 5.41) is 0.828. The maximum absolute atomic E-state index is 11.7. The monoisotopic (exact) mass is 299 g/mol. The van der Waals surface area contributed by atoms with E-state index >= 15 is 0 Å². The SMILES string of the molecule is O=C(C=Cc1nc2ccccc2s1)OCC1CC=CCC1. The van der Waals surface area contributed by atoms with Gasteiger partial charge in [-0.2, -0.15) is 0 Å². The minimum Gasteiger partial charge on any atom is -0.462 e. The molecule has 1 aromatic heterocycles.